The fourth-order valence-electron chi connectivity index (χ4n) is 2.81. The lowest BCUT2D eigenvalue weighted by molar-refractivity contribution is -0.121. The summed E-state index contributed by atoms with van der Waals surface area (Å²) in [6.07, 6.45) is 4.42. The van der Waals surface area contributed by atoms with Crippen LogP contribution in [0.1, 0.15) is 43.7 Å². The third kappa shape index (κ3) is 4.32. The fourth-order valence-corrected chi connectivity index (χ4v) is 3.90. The minimum Gasteiger partial charge on any atom is -0.496 e. The Morgan fingerprint density at radius 2 is 2.09 bits per heavy atom. The van der Waals surface area contributed by atoms with E-state index in [1.807, 2.05) is 25.1 Å². The molecule has 1 amide bonds. The minimum absolute atomic E-state index is 0.100. The van der Waals surface area contributed by atoms with Crippen molar-refractivity contribution in [2.24, 2.45) is 0 Å². The van der Waals surface area contributed by atoms with E-state index < -0.39 is 16.0 Å². The highest BCUT2D eigenvalue weighted by Gasteiger charge is 2.25. The molecule has 122 valence electrons. The number of hydrogen-bond acceptors (Lipinski definition) is 3. The van der Waals surface area contributed by atoms with Gasteiger partial charge >= 0.3 is 0 Å². The summed E-state index contributed by atoms with van der Waals surface area (Å²) >= 11 is 0. The molecule has 1 N–H and O–H groups in total. The number of hydrogen-bond donors (Lipinski definition) is 1. The van der Waals surface area contributed by atoms with Gasteiger partial charge in [0.25, 0.3) is 0 Å². The fraction of sp³-hybridized carbons (Fsp3) is 0.588. The monoisotopic (exact) mass is 323 g/mol. The Bertz CT molecular complexity index is 553. The number of rotatable bonds is 6. The van der Waals surface area contributed by atoms with Gasteiger partial charge in [-0.3, -0.25) is 9.00 Å². The van der Waals surface area contributed by atoms with Crippen LogP contribution in [0.25, 0.3) is 0 Å². The zero-order valence-corrected chi connectivity index (χ0v) is 14.4. The maximum absolute atomic E-state index is 12.5. The second kappa shape index (κ2) is 7.77. The van der Waals surface area contributed by atoms with Crippen LogP contribution in [0.15, 0.2) is 18.2 Å². The van der Waals surface area contributed by atoms with Crippen molar-refractivity contribution in [2.75, 3.05) is 7.11 Å². The number of methoxy groups -OCH3 is 1. The van der Waals surface area contributed by atoms with Gasteiger partial charge in [-0.15, -0.1) is 0 Å². The van der Waals surface area contributed by atoms with E-state index in [0.717, 1.165) is 29.7 Å². The normalized spacial score (nSPS) is 18.0. The molecule has 0 aromatic heterocycles. The number of aryl methyl sites for hydroxylation is 1. The molecule has 22 heavy (non-hydrogen) atoms. The summed E-state index contributed by atoms with van der Waals surface area (Å²) in [5.41, 5.74) is 1.98. The highest BCUT2D eigenvalue weighted by Crippen LogP contribution is 2.22. The number of ether oxygens (including phenoxy) is 1. The Kier molecular flexibility index (Phi) is 6.00. The quantitative estimate of drug-likeness (QED) is 0.876. The molecule has 1 aliphatic rings. The number of nitrogens with one attached hydrogen (secondary N) is 1. The van der Waals surface area contributed by atoms with Gasteiger partial charge in [0.2, 0.25) is 5.91 Å². The van der Waals surface area contributed by atoms with Gasteiger partial charge in [0.1, 0.15) is 11.0 Å². The summed E-state index contributed by atoms with van der Waals surface area (Å²) in [6, 6.07) is 6.07. The zero-order chi connectivity index (χ0) is 16.1. The Labute approximate surface area is 135 Å². The van der Waals surface area contributed by atoms with E-state index in [1.165, 1.54) is 12.8 Å². The summed E-state index contributed by atoms with van der Waals surface area (Å²) in [5, 5.41) is 2.51. The molecule has 0 bridgehead atoms. The van der Waals surface area contributed by atoms with Crippen molar-refractivity contribution in [3.8, 4) is 5.75 Å². The molecular weight excluding hydrogens is 298 g/mol. The lowest BCUT2D eigenvalue weighted by Crippen LogP contribution is -2.40. The molecule has 0 spiro atoms. The van der Waals surface area contributed by atoms with Crippen LogP contribution in [0.2, 0.25) is 0 Å². The molecule has 2 rings (SSSR count). The maximum Gasteiger partial charge on any atom is 0.235 e. The van der Waals surface area contributed by atoms with Crippen molar-refractivity contribution in [3.63, 3.8) is 0 Å². The van der Waals surface area contributed by atoms with Crippen molar-refractivity contribution < 1.29 is 13.7 Å². The summed E-state index contributed by atoms with van der Waals surface area (Å²) in [5.74, 6) is 0.962. The third-order valence-corrected chi connectivity index (χ3v) is 5.80. The first-order chi connectivity index (χ1) is 10.5. The first kappa shape index (κ1) is 17.0. The van der Waals surface area contributed by atoms with Gasteiger partial charge < -0.3 is 10.1 Å². The number of carbonyl (C=O) groups excluding carboxylic acids is 1. The van der Waals surface area contributed by atoms with E-state index >= 15 is 0 Å². The molecule has 1 aromatic rings. The van der Waals surface area contributed by atoms with Crippen molar-refractivity contribution in [2.45, 2.75) is 56.6 Å². The molecule has 1 fully saturated rings. The lowest BCUT2D eigenvalue weighted by Gasteiger charge is -2.17. The van der Waals surface area contributed by atoms with Gasteiger partial charge in [0, 0.05) is 22.4 Å². The lowest BCUT2D eigenvalue weighted by atomic mass is 10.1. The van der Waals surface area contributed by atoms with Crippen LogP contribution >= 0.6 is 0 Å². The van der Waals surface area contributed by atoms with Crippen LogP contribution in [0, 0.1) is 6.92 Å². The van der Waals surface area contributed by atoms with Crippen molar-refractivity contribution in [1.29, 1.82) is 0 Å². The van der Waals surface area contributed by atoms with Crippen molar-refractivity contribution in [3.05, 3.63) is 29.3 Å². The first-order valence-electron chi connectivity index (χ1n) is 7.82. The molecule has 2 unspecified atom stereocenters. The molecule has 1 aromatic carbocycles. The van der Waals surface area contributed by atoms with Gasteiger partial charge in [0.05, 0.1) is 12.9 Å². The summed E-state index contributed by atoms with van der Waals surface area (Å²) in [7, 11) is 0.346. The molecule has 4 nitrogen and oxygen atoms in total. The molecule has 5 heteroatoms. The van der Waals surface area contributed by atoms with Crippen LogP contribution in [-0.2, 0) is 21.3 Å². The number of amides is 1. The molecule has 2 atom stereocenters. The minimum atomic E-state index is -1.26. The predicted molar refractivity (Wildman–Crippen MR) is 89.4 cm³/mol. The Hall–Kier alpha value is -1.36. The average molecular weight is 323 g/mol. The molecule has 0 radical (unpaired) electrons. The summed E-state index contributed by atoms with van der Waals surface area (Å²) < 4.78 is 17.8. The summed E-state index contributed by atoms with van der Waals surface area (Å²) in [4.78, 5) is 12.2. The highest BCUT2D eigenvalue weighted by molar-refractivity contribution is 7.85. The molecule has 1 aliphatic carbocycles. The maximum atomic E-state index is 12.5. The van der Waals surface area contributed by atoms with E-state index in [2.05, 4.69) is 5.32 Å². The van der Waals surface area contributed by atoms with E-state index in [4.69, 9.17) is 4.74 Å². The SMILES string of the molecule is COc1ccc(C)cc1CS(=O)C(C)C(=O)NC1CCCC1. The molecule has 1 saturated carbocycles. The number of carbonyl (C=O) groups is 1. The molecule has 0 heterocycles. The van der Waals surface area contributed by atoms with Gasteiger partial charge in [-0.1, -0.05) is 30.5 Å². The van der Waals surface area contributed by atoms with Crippen LogP contribution in [-0.4, -0.2) is 28.5 Å². The van der Waals surface area contributed by atoms with E-state index in [0.29, 0.717) is 5.75 Å². The van der Waals surface area contributed by atoms with Crippen molar-refractivity contribution >= 4 is 16.7 Å². The van der Waals surface area contributed by atoms with E-state index in [1.54, 1.807) is 14.0 Å². The largest absolute Gasteiger partial charge is 0.496 e. The second-order valence-electron chi connectivity index (χ2n) is 5.97. The standard InChI is InChI=1S/C17H25NO3S/c1-12-8-9-16(21-3)14(10-12)11-22(20)13(2)17(19)18-15-6-4-5-7-15/h8-10,13,15H,4-7,11H2,1-3H3,(H,18,19). The smallest absolute Gasteiger partial charge is 0.235 e. The zero-order valence-electron chi connectivity index (χ0n) is 13.6. The number of benzene rings is 1. The first-order valence-corrected chi connectivity index (χ1v) is 9.20. The summed E-state index contributed by atoms with van der Waals surface area (Å²) in [6.45, 7) is 3.73. The van der Waals surface area contributed by atoms with Crippen molar-refractivity contribution in [1.82, 2.24) is 5.32 Å². The van der Waals surface area contributed by atoms with Gasteiger partial charge in [-0.05, 0) is 32.8 Å². The van der Waals surface area contributed by atoms with Crippen LogP contribution in [0.5, 0.6) is 5.75 Å². The van der Waals surface area contributed by atoms with Gasteiger partial charge in [-0.2, -0.15) is 0 Å². The highest BCUT2D eigenvalue weighted by atomic mass is 32.2. The molecular formula is C17H25NO3S. The van der Waals surface area contributed by atoms with E-state index in [9.17, 15) is 9.00 Å². The van der Waals surface area contributed by atoms with Crippen LogP contribution in [0.3, 0.4) is 0 Å². The molecule has 0 saturated heterocycles. The topological polar surface area (TPSA) is 55.4 Å². The Balaban J connectivity index is 1.98. The van der Waals surface area contributed by atoms with Gasteiger partial charge in [0.15, 0.2) is 0 Å². The predicted octanol–water partition coefficient (Wildman–Crippen LogP) is 2.70. The Morgan fingerprint density at radius 1 is 1.41 bits per heavy atom. The van der Waals surface area contributed by atoms with Crippen LogP contribution < -0.4 is 10.1 Å². The average Bonchev–Trinajstić information content (AvgIpc) is 2.99. The Morgan fingerprint density at radius 3 is 2.73 bits per heavy atom. The van der Waals surface area contributed by atoms with Gasteiger partial charge in [-0.25, -0.2) is 0 Å². The molecule has 0 aliphatic heterocycles. The van der Waals surface area contributed by atoms with Crippen LogP contribution in [0.4, 0.5) is 0 Å². The second-order valence-corrected chi connectivity index (χ2v) is 7.73. The van der Waals surface area contributed by atoms with E-state index in [-0.39, 0.29) is 11.9 Å². The third-order valence-electron chi connectivity index (χ3n) is 4.20.